The molecule has 0 saturated carbocycles. The van der Waals surface area contributed by atoms with E-state index < -0.39 is 45.1 Å². The summed E-state index contributed by atoms with van der Waals surface area (Å²) in [6.45, 7) is 3.94. The number of phosphoric acid groups is 1. The van der Waals surface area contributed by atoms with Gasteiger partial charge in [-0.15, -0.1) is 0 Å². The van der Waals surface area contributed by atoms with Crippen LogP contribution in [0.5, 0.6) is 0 Å². The predicted molar refractivity (Wildman–Crippen MR) is 286 cm³/mol. The highest BCUT2D eigenvalue weighted by molar-refractivity contribution is 7.47. The summed E-state index contributed by atoms with van der Waals surface area (Å²) in [4.78, 5) is 33.8. The van der Waals surface area contributed by atoms with Crippen molar-refractivity contribution in [3.63, 3.8) is 0 Å². The maximum absolute atomic E-state index is 12.7. The predicted octanol–water partition coefficient (Wildman–Crippen LogP) is 17.4. The second-order valence-electron chi connectivity index (χ2n) is 19.8. The third-order valence-electron chi connectivity index (χ3n) is 13.0. The number of carbonyl (C=O) groups excluding carboxylic acids is 1. The second-order valence-corrected chi connectivity index (χ2v) is 21.2. The van der Waals surface area contributed by atoms with Crippen LogP contribution in [0.1, 0.15) is 290 Å². The molecule has 0 fully saturated rings. The highest BCUT2D eigenvalue weighted by atomic mass is 31.2. The summed E-state index contributed by atoms with van der Waals surface area (Å²) in [6.07, 6.45) is 62.5. The van der Waals surface area contributed by atoms with Crippen molar-refractivity contribution >= 4 is 19.8 Å². The Morgan fingerprint density at radius 3 is 1.19 bits per heavy atom. The van der Waals surface area contributed by atoms with Crippen LogP contribution in [-0.2, 0) is 32.7 Å². The fourth-order valence-corrected chi connectivity index (χ4v) is 9.30. The van der Waals surface area contributed by atoms with Crippen molar-refractivity contribution in [1.29, 1.82) is 0 Å². The molecule has 10 nitrogen and oxygen atoms in total. The van der Waals surface area contributed by atoms with Gasteiger partial charge in [0.2, 0.25) is 0 Å². The number of ether oxygens (including phenoxy) is 2. The number of hydrogen-bond acceptors (Lipinski definition) is 8. The molecule has 0 aliphatic carbocycles. The second kappa shape index (κ2) is 53.3. The van der Waals surface area contributed by atoms with Gasteiger partial charge in [-0.05, 0) is 44.9 Å². The average Bonchev–Trinajstić information content (AvgIpc) is 3.32. The van der Waals surface area contributed by atoms with Gasteiger partial charge >= 0.3 is 19.8 Å². The fraction of sp³-hybridized carbons (Fsp3) is 0.895. The molecule has 402 valence electrons. The summed E-state index contributed by atoms with van der Waals surface area (Å²) >= 11 is 0. The van der Waals surface area contributed by atoms with Gasteiger partial charge in [-0.2, -0.15) is 0 Å². The Morgan fingerprint density at radius 2 is 0.809 bits per heavy atom. The van der Waals surface area contributed by atoms with E-state index in [0.717, 1.165) is 44.9 Å². The summed E-state index contributed by atoms with van der Waals surface area (Å²) in [6, 6.07) is -1.47. The number of carbonyl (C=O) groups is 2. The van der Waals surface area contributed by atoms with E-state index in [1.807, 2.05) is 0 Å². The molecule has 0 rings (SSSR count). The molecule has 0 aliphatic heterocycles. The quantitative estimate of drug-likeness (QED) is 0.0232. The summed E-state index contributed by atoms with van der Waals surface area (Å²) in [5.74, 6) is -1.76. The van der Waals surface area contributed by atoms with Crippen molar-refractivity contribution < 1.29 is 42.7 Å². The average molecular weight is 984 g/mol. The number of nitrogens with two attached hydrogens (primary N) is 1. The van der Waals surface area contributed by atoms with Gasteiger partial charge in [0.1, 0.15) is 12.1 Å². The van der Waals surface area contributed by atoms with Crippen LogP contribution in [0.25, 0.3) is 0 Å². The van der Waals surface area contributed by atoms with E-state index in [4.69, 9.17) is 29.4 Å². The standard InChI is InChI=1S/C57H110NO9P/c1-3-5-7-9-11-13-15-17-19-21-23-25-27-28-30-32-34-36-38-40-42-44-46-48-50-64-51-54(52-65-68(62,63)66-53-55(58)57(60)61)67-56(59)49-47-45-43-41-39-37-35-33-31-29-26-24-22-20-18-16-14-12-10-8-6-4-2/h15,17,21,23,54-55H,3-14,16,18-20,22,24-53,58H2,1-2H3,(H,60,61)(H,62,63)/b17-15-,23-21-. The molecular weight excluding hydrogens is 874 g/mol. The number of carboxylic acids is 1. The SMILES string of the molecule is CCCCCCC/C=C\C/C=C\CCCCCCCCCCCCCCOCC(COP(=O)(O)OCC(N)C(=O)O)OC(=O)CCCCCCCCCCCCCCCCCCCCCCCC. The zero-order valence-electron chi connectivity index (χ0n) is 44.5. The zero-order valence-corrected chi connectivity index (χ0v) is 45.4. The van der Waals surface area contributed by atoms with Gasteiger partial charge in [-0.25, -0.2) is 4.57 Å². The molecule has 0 aromatic heterocycles. The Labute approximate surface area is 419 Å². The summed E-state index contributed by atoms with van der Waals surface area (Å²) < 4.78 is 33.6. The molecule has 3 atom stereocenters. The number of phosphoric ester groups is 1. The molecule has 0 spiro atoms. The van der Waals surface area contributed by atoms with Gasteiger partial charge in [0.05, 0.1) is 19.8 Å². The molecule has 0 bridgehead atoms. The third-order valence-corrected chi connectivity index (χ3v) is 13.9. The van der Waals surface area contributed by atoms with Crippen molar-refractivity contribution in [3.8, 4) is 0 Å². The first-order valence-electron chi connectivity index (χ1n) is 28.9. The van der Waals surface area contributed by atoms with Gasteiger partial charge in [0.25, 0.3) is 0 Å². The Bertz CT molecular complexity index is 1180. The molecule has 0 aliphatic rings. The van der Waals surface area contributed by atoms with Crippen LogP contribution in [0.4, 0.5) is 0 Å². The maximum atomic E-state index is 12.7. The van der Waals surface area contributed by atoms with Crippen LogP contribution in [0.15, 0.2) is 24.3 Å². The minimum Gasteiger partial charge on any atom is -0.480 e. The minimum absolute atomic E-state index is 0.0212. The Kier molecular flexibility index (Phi) is 52.0. The van der Waals surface area contributed by atoms with Gasteiger partial charge in [0.15, 0.2) is 0 Å². The van der Waals surface area contributed by atoms with Crippen molar-refractivity contribution in [2.24, 2.45) is 5.73 Å². The number of rotatable bonds is 56. The topological polar surface area (TPSA) is 155 Å². The van der Waals surface area contributed by atoms with Crippen molar-refractivity contribution in [3.05, 3.63) is 24.3 Å². The van der Waals surface area contributed by atoms with Crippen molar-refractivity contribution in [2.75, 3.05) is 26.4 Å². The van der Waals surface area contributed by atoms with E-state index in [1.54, 1.807) is 0 Å². The Hall–Kier alpha value is -1.55. The Balaban J connectivity index is 4.04. The van der Waals surface area contributed by atoms with E-state index in [1.165, 1.54) is 225 Å². The van der Waals surface area contributed by atoms with E-state index in [2.05, 4.69) is 38.2 Å². The molecule has 0 aromatic carbocycles. The molecule has 3 unspecified atom stereocenters. The zero-order chi connectivity index (χ0) is 49.7. The first-order valence-corrected chi connectivity index (χ1v) is 30.4. The lowest BCUT2D eigenvalue weighted by molar-refractivity contribution is -0.154. The first-order chi connectivity index (χ1) is 33.2. The van der Waals surface area contributed by atoms with Crippen LogP contribution < -0.4 is 5.73 Å². The first kappa shape index (κ1) is 66.5. The molecule has 0 radical (unpaired) electrons. The molecule has 4 N–H and O–H groups in total. The van der Waals surface area contributed by atoms with Crippen molar-refractivity contribution in [2.45, 2.75) is 302 Å². The van der Waals surface area contributed by atoms with E-state index in [0.29, 0.717) is 6.61 Å². The van der Waals surface area contributed by atoms with Crippen LogP contribution in [0, 0.1) is 0 Å². The van der Waals surface area contributed by atoms with Crippen LogP contribution in [-0.4, -0.2) is 60.5 Å². The number of esters is 1. The smallest absolute Gasteiger partial charge is 0.472 e. The maximum Gasteiger partial charge on any atom is 0.472 e. The highest BCUT2D eigenvalue weighted by Crippen LogP contribution is 2.43. The normalized spacial score (nSPS) is 13.7. The third kappa shape index (κ3) is 52.3. The number of unbranched alkanes of at least 4 members (excludes halogenated alkanes) is 38. The highest BCUT2D eigenvalue weighted by Gasteiger charge is 2.27. The van der Waals surface area contributed by atoms with Gasteiger partial charge in [0, 0.05) is 13.0 Å². The number of hydrogen-bond donors (Lipinski definition) is 3. The fourth-order valence-electron chi connectivity index (χ4n) is 8.52. The summed E-state index contributed by atoms with van der Waals surface area (Å²) in [5, 5.41) is 8.95. The molecule has 0 amide bonds. The molecular formula is C57H110NO9P. The lowest BCUT2D eigenvalue weighted by Crippen LogP contribution is -2.34. The van der Waals surface area contributed by atoms with Crippen LogP contribution in [0.3, 0.4) is 0 Å². The van der Waals surface area contributed by atoms with Gasteiger partial charge < -0.3 is 25.2 Å². The van der Waals surface area contributed by atoms with Crippen LogP contribution in [0.2, 0.25) is 0 Å². The Morgan fingerprint density at radius 1 is 0.471 bits per heavy atom. The lowest BCUT2D eigenvalue weighted by Gasteiger charge is -2.20. The monoisotopic (exact) mass is 984 g/mol. The lowest BCUT2D eigenvalue weighted by atomic mass is 10.0. The largest absolute Gasteiger partial charge is 0.480 e. The molecule has 0 aromatic rings. The number of carboxylic acid groups (broad SMARTS) is 1. The van der Waals surface area contributed by atoms with E-state index in [9.17, 15) is 19.0 Å². The number of aliphatic carboxylic acids is 1. The van der Waals surface area contributed by atoms with Crippen LogP contribution >= 0.6 is 7.82 Å². The summed E-state index contributed by atoms with van der Waals surface area (Å²) in [7, 11) is -4.62. The van der Waals surface area contributed by atoms with Crippen molar-refractivity contribution in [1.82, 2.24) is 0 Å². The van der Waals surface area contributed by atoms with E-state index in [-0.39, 0.29) is 13.0 Å². The minimum atomic E-state index is -4.62. The number of allylic oxidation sites excluding steroid dienone is 4. The molecule has 0 saturated heterocycles. The molecule has 11 heteroatoms. The summed E-state index contributed by atoms with van der Waals surface area (Å²) in [5.41, 5.74) is 5.39. The molecule has 0 heterocycles. The van der Waals surface area contributed by atoms with E-state index >= 15 is 0 Å². The van der Waals surface area contributed by atoms with Gasteiger partial charge in [-0.1, -0.05) is 263 Å². The molecule has 68 heavy (non-hydrogen) atoms. The van der Waals surface area contributed by atoms with Gasteiger partial charge in [-0.3, -0.25) is 18.6 Å².